The maximum atomic E-state index is 12.5. The van der Waals surface area contributed by atoms with Crippen LogP contribution >= 0.6 is 23.2 Å². The number of sulfonamides is 1. The van der Waals surface area contributed by atoms with Crippen LogP contribution in [0.1, 0.15) is 17.5 Å². The Morgan fingerprint density at radius 1 is 1.32 bits per heavy atom. The van der Waals surface area contributed by atoms with Gasteiger partial charge in [0.15, 0.2) is 9.84 Å². The van der Waals surface area contributed by atoms with Gasteiger partial charge in [0.05, 0.1) is 16.5 Å². The summed E-state index contributed by atoms with van der Waals surface area (Å²) in [4.78, 5) is -0.0416. The van der Waals surface area contributed by atoms with Gasteiger partial charge in [0.25, 0.3) is 0 Å². The van der Waals surface area contributed by atoms with E-state index in [-0.39, 0.29) is 33.9 Å². The van der Waals surface area contributed by atoms with Crippen molar-refractivity contribution in [2.45, 2.75) is 25.2 Å². The van der Waals surface area contributed by atoms with Gasteiger partial charge in [0.1, 0.15) is 4.90 Å². The molecule has 0 amide bonds. The van der Waals surface area contributed by atoms with Crippen molar-refractivity contribution in [2.75, 3.05) is 18.1 Å². The second-order valence-corrected chi connectivity index (χ2v) is 10.3. The molecule has 2 rings (SSSR count). The molecule has 1 aliphatic rings. The van der Waals surface area contributed by atoms with Gasteiger partial charge < -0.3 is 0 Å². The van der Waals surface area contributed by atoms with E-state index in [0.29, 0.717) is 22.6 Å². The summed E-state index contributed by atoms with van der Waals surface area (Å²) in [6.07, 6.45) is 0.464. The van der Waals surface area contributed by atoms with Gasteiger partial charge in [-0.2, -0.15) is 0 Å². The fourth-order valence-electron chi connectivity index (χ4n) is 2.47. The highest BCUT2D eigenvalue weighted by molar-refractivity contribution is 7.91. The highest BCUT2D eigenvalue weighted by atomic mass is 35.5. The third-order valence-electron chi connectivity index (χ3n) is 3.75. The molecule has 1 unspecified atom stereocenters. The van der Waals surface area contributed by atoms with Crippen molar-refractivity contribution in [1.29, 1.82) is 0 Å². The van der Waals surface area contributed by atoms with E-state index in [2.05, 4.69) is 4.72 Å². The van der Waals surface area contributed by atoms with Gasteiger partial charge in [0, 0.05) is 11.6 Å². The first-order valence-electron chi connectivity index (χ1n) is 6.69. The number of rotatable bonds is 4. The molecule has 1 heterocycles. The number of aryl methyl sites for hydroxylation is 1. The predicted octanol–water partition coefficient (Wildman–Crippen LogP) is 2.32. The average molecular weight is 386 g/mol. The number of hydrogen-bond acceptors (Lipinski definition) is 4. The number of benzene rings is 1. The molecule has 0 bridgehead atoms. The molecule has 0 spiro atoms. The predicted molar refractivity (Wildman–Crippen MR) is 87.9 cm³/mol. The van der Waals surface area contributed by atoms with Crippen molar-refractivity contribution in [3.8, 4) is 0 Å². The second-order valence-electron chi connectivity index (χ2n) is 5.56. The lowest BCUT2D eigenvalue weighted by atomic mass is 10.1. The Kier molecular flexibility index (Phi) is 5.14. The molecule has 0 aromatic heterocycles. The van der Waals surface area contributed by atoms with Crippen LogP contribution in [0.2, 0.25) is 10.0 Å². The summed E-state index contributed by atoms with van der Waals surface area (Å²) in [5, 5.41) is 0.458. The van der Waals surface area contributed by atoms with Crippen LogP contribution in [0.15, 0.2) is 11.0 Å². The maximum absolute atomic E-state index is 12.5. The minimum Gasteiger partial charge on any atom is -0.229 e. The average Bonchev–Trinajstić information content (AvgIpc) is 2.74. The lowest BCUT2D eigenvalue weighted by Crippen LogP contribution is -2.30. The molecule has 1 saturated heterocycles. The third kappa shape index (κ3) is 3.76. The zero-order chi connectivity index (χ0) is 16.7. The van der Waals surface area contributed by atoms with Crippen LogP contribution in [0.5, 0.6) is 0 Å². The lowest BCUT2D eigenvalue weighted by molar-refractivity contribution is 0.543. The first-order valence-corrected chi connectivity index (χ1v) is 10.7. The minimum atomic E-state index is -3.85. The summed E-state index contributed by atoms with van der Waals surface area (Å²) in [6, 6.07) is 1.61. The van der Waals surface area contributed by atoms with Crippen molar-refractivity contribution in [3.63, 3.8) is 0 Å². The zero-order valence-corrected chi connectivity index (χ0v) is 15.3. The SMILES string of the molecule is Cc1cc(Cl)c(C)c(S(=O)(=O)NCC2CCS(=O)(=O)C2)c1Cl. The molecule has 1 aromatic rings. The molecule has 1 aromatic carbocycles. The van der Waals surface area contributed by atoms with E-state index >= 15 is 0 Å². The molecule has 1 atom stereocenters. The summed E-state index contributed by atoms with van der Waals surface area (Å²) >= 11 is 12.2. The van der Waals surface area contributed by atoms with Crippen LogP contribution in [0.4, 0.5) is 0 Å². The normalized spacial score (nSPS) is 21.2. The third-order valence-corrected chi connectivity index (χ3v) is 8.17. The Bertz CT molecular complexity index is 778. The molecule has 5 nitrogen and oxygen atoms in total. The first-order chi connectivity index (χ1) is 10.0. The van der Waals surface area contributed by atoms with E-state index in [1.807, 2.05) is 0 Å². The van der Waals surface area contributed by atoms with E-state index in [4.69, 9.17) is 23.2 Å². The van der Waals surface area contributed by atoms with E-state index in [1.54, 1.807) is 19.9 Å². The smallest absolute Gasteiger partial charge is 0.229 e. The first kappa shape index (κ1) is 18.0. The fraction of sp³-hybridized carbons (Fsp3) is 0.538. The number of nitrogens with one attached hydrogen (secondary N) is 1. The number of halogens is 2. The molecule has 1 N–H and O–H groups in total. The zero-order valence-electron chi connectivity index (χ0n) is 12.2. The summed E-state index contributed by atoms with van der Waals surface area (Å²) in [7, 11) is -6.89. The molecule has 22 heavy (non-hydrogen) atoms. The van der Waals surface area contributed by atoms with Crippen LogP contribution in [0.3, 0.4) is 0 Å². The van der Waals surface area contributed by atoms with Crippen molar-refractivity contribution in [1.82, 2.24) is 4.72 Å². The molecule has 1 fully saturated rings. The Morgan fingerprint density at radius 3 is 2.50 bits per heavy atom. The summed E-state index contributed by atoms with van der Waals surface area (Å²) in [5.41, 5.74) is 0.949. The Labute approximate surface area is 141 Å². The molecule has 9 heteroatoms. The highest BCUT2D eigenvalue weighted by Crippen LogP contribution is 2.33. The Balaban J connectivity index is 2.25. The van der Waals surface area contributed by atoms with E-state index in [0.717, 1.165) is 0 Å². The van der Waals surface area contributed by atoms with Crippen LogP contribution in [0.25, 0.3) is 0 Å². The topological polar surface area (TPSA) is 80.3 Å². The Morgan fingerprint density at radius 2 is 1.95 bits per heavy atom. The summed E-state index contributed by atoms with van der Waals surface area (Å²) in [6.45, 7) is 3.33. The van der Waals surface area contributed by atoms with Crippen molar-refractivity contribution in [3.05, 3.63) is 27.2 Å². The maximum Gasteiger partial charge on any atom is 0.242 e. The molecule has 0 aliphatic carbocycles. The Hall–Kier alpha value is -0.340. The van der Waals surface area contributed by atoms with Crippen LogP contribution in [-0.4, -0.2) is 34.9 Å². The molecular formula is C13H17Cl2NO4S2. The van der Waals surface area contributed by atoms with E-state index < -0.39 is 19.9 Å². The van der Waals surface area contributed by atoms with Crippen molar-refractivity contribution < 1.29 is 16.8 Å². The van der Waals surface area contributed by atoms with Gasteiger partial charge >= 0.3 is 0 Å². The highest BCUT2D eigenvalue weighted by Gasteiger charge is 2.30. The van der Waals surface area contributed by atoms with E-state index in [9.17, 15) is 16.8 Å². The van der Waals surface area contributed by atoms with Gasteiger partial charge in [-0.3, -0.25) is 0 Å². The second kappa shape index (κ2) is 6.28. The largest absolute Gasteiger partial charge is 0.242 e. The lowest BCUT2D eigenvalue weighted by Gasteiger charge is -2.15. The van der Waals surface area contributed by atoms with Crippen molar-refractivity contribution in [2.24, 2.45) is 5.92 Å². The summed E-state index contributed by atoms with van der Waals surface area (Å²) < 4.78 is 50.3. The number of sulfone groups is 1. The van der Waals surface area contributed by atoms with Crippen LogP contribution < -0.4 is 4.72 Å². The molecule has 0 saturated carbocycles. The van der Waals surface area contributed by atoms with Crippen LogP contribution in [-0.2, 0) is 19.9 Å². The van der Waals surface area contributed by atoms with Gasteiger partial charge in [0.2, 0.25) is 10.0 Å². The molecule has 1 aliphatic heterocycles. The molecule has 0 radical (unpaired) electrons. The van der Waals surface area contributed by atoms with E-state index in [1.165, 1.54) is 0 Å². The number of hydrogen-bond donors (Lipinski definition) is 1. The fourth-order valence-corrected chi connectivity index (χ4v) is 6.65. The molecule has 124 valence electrons. The standard InChI is InChI=1S/C13H17Cl2NO4S2/c1-8-5-11(14)9(2)13(12(8)15)22(19,20)16-6-10-3-4-21(17,18)7-10/h5,10,16H,3-4,6-7H2,1-2H3. The van der Waals surface area contributed by atoms with Crippen LogP contribution in [0, 0.1) is 19.8 Å². The monoisotopic (exact) mass is 385 g/mol. The van der Waals surface area contributed by atoms with Gasteiger partial charge in [-0.1, -0.05) is 23.2 Å². The van der Waals surface area contributed by atoms with Gasteiger partial charge in [-0.25, -0.2) is 21.6 Å². The molecular weight excluding hydrogens is 369 g/mol. The van der Waals surface area contributed by atoms with Crippen molar-refractivity contribution >= 4 is 43.1 Å². The quantitative estimate of drug-likeness (QED) is 0.861. The van der Waals surface area contributed by atoms with Gasteiger partial charge in [-0.15, -0.1) is 0 Å². The summed E-state index contributed by atoms with van der Waals surface area (Å²) in [5.74, 6) is -0.0918. The van der Waals surface area contributed by atoms with Gasteiger partial charge in [-0.05, 0) is 43.4 Å². The minimum absolute atomic E-state index is 0.0107.